The van der Waals surface area contributed by atoms with Crippen LogP contribution in [-0.4, -0.2) is 73.0 Å². The van der Waals surface area contributed by atoms with Gasteiger partial charge in [-0.05, 0) is 69.6 Å². The zero-order valence-electron chi connectivity index (χ0n) is 21.5. The SMILES string of the molecule is O=C(Nc1ccc(N2CCCN(C(=O)NC3CCCCC3)CC2)c(C(=O)N2CCCCC2)c1)C1CC1. The molecule has 2 saturated heterocycles. The maximum atomic E-state index is 13.6. The van der Waals surface area contributed by atoms with E-state index in [1.807, 2.05) is 28.0 Å². The van der Waals surface area contributed by atoms with Crippen molar-refractivity contribution < 1.29 is 14.4 Å². The number of piperidine rings is 1. The fourth-order valence-corrected chi connectivity index (χ4v) is 5.79. The van der Waals surface area contributed by atoms with Gasteiger partial charge in [0.05, 0.1) is 5.56 Å². The molecule has 8 nitrogen and oxygen atoms in total. The first kappa shape index (κ1) is 24.9. The number of benzene rings is 1. The summed E-state index contributed by atoms with van der Waals surface area (Å²) in [6, 6.07) is 6.12. The zero-order valence-corrected chi connectivity index (χ0v) is 21.5. The van der Waals surface area contributed by atoms with Gasteiger partial charge in [0.2, 0.25) is 5.91 Å². The molecule has 2 aliphatic carbocycles. The summed E-state index contributed by atoms with van der Waals surface area (Å²) in [5.41, 5.74) is 2.26. The van der Waals surface area contributed by atoms with Crippen LogP contribution < -0.4 is 15.5 Å². The van der Waals surface area contributed by atoms with Crippen LogP contribution in [-0.2, 0) is 4.79 Å². The highest BCUT2D eigenvalue weighted by Gasteiger charge is 2.31. The lowest BCUT2D eigenvalue weighted by Crippen LogP contribution is -2.46. The summed E-state index contributed by atoms with van der Waals surface area (Å²) < 4.78 is 0. The number of amides is 4. The van der Waals surface area contributed by atoms with E-state index in [1.165, 1.54) is 25.7 Å². The fraction of sp³-hybridized carbons (Fsp3) is 0.679. The number of hydrogen-bond acceptors (Lipinski definition) is 4. The summed E-state index contributed by atoms with van der Waals surface area (Å²) in [5, 5.41) is 6.27. The van der Waals surface area contributed by atoms with Crippen molar-refractivity contribution >= 4 is 29.2 Å². The number of urea groups is 1. The number of nitrogens with one attached hydrogen (secondary N) is 2. The van der Waals surface area contributed by atoms with Crippen LogP contribution in [0.2, 0.25) is 0 Å². The predicted molar refractivity (Wildman–Crippen MR) is 141 cm³/mol. The molecule has 4 fully saturated rings. The highest BCUT2D eigenvalue weighted by atomic mass is 16.2. The fourth-order valence-electron chi connectivity index (χ4n) is 5.79. The molecule has 4 amide bonds. The van der Waals surface area contributed by atoms with E-state index in [0.29, 0.717) is 30.4 Å². The van der Waals surface area contributed by atoms with Gasteiger partial charge in [-0.1, -0.05) is 19.3 Å². The van der Waals surface area contributed by atoms with Crippen LogP contribution in [0, 0.1) is 5.92 Å². The molecule has 5 rings (SSSR count). The average Bonchev–Trinajstić information content (AvgIpc) is 3.77. The largest absolute Gasteiger partial charge is 0.369 e. The van der Waals surface area contributed by atoms with Crippen LogP contribution >= 0.6 is 0 Å². The molecule has 2 saturated carbocycles. The Morgan fingerprint density at radius 3 is 2.19 bits per heavy atom. The van der Waals surface area contributed by atoms with Crippen molar-refractivity contribution in [1.82, 2.24) is 15.1 Å². The topological polar surface area (TPSA) is 85.0 Å². The summed E-state index contributed by atoms with van der Waals surface area (Å²) in [6.07, 6.45) is 11.8. The van der Waals surface area contributed by atoms with Gasteiger partial charge in [0.1, 0.15) is 0 Å². The molecule has 8 heteroatoms. The third-order valence-corrected chi connectivity index (χ3v) is 8.14. The molecule has 0 spiro atoms. The molecule has 1 aromatic rings. The highest BCUT2D eigenvalue weighted by Crippen LogP contribution is 2.32. The minimum Gasteiger partial charge on any atom is -0.369 e. The standard InChI is InChI=1S/C28H41N5O3/c34-26(21-10-11-21)29-23-12-13-25(24(20-23)27(35)32-14-5-2-6-15-32)31-16-7-17-33(19-18-31)28(36)30-22-8-3-1-4-9-22/h12-13,20-22H,1-11,14-19H2,(H,29,34)(H,30,36). The number of hydrogen-bond donors (Lipinski definition) is 2. The number of nitrogens with zero attached hydrogens (tertiary/aromatic N) is 3. The maximum Gasteiger partial charge on any atom is 0.317 e. The van der Waals surface area contributed by atoms with E-state index in [4.69, 9.17) is 0 Å². The Bertz CT molecular complexity index is 951. The Hall–Kier alpha value is -2.77. The molecule has 2 heterocycles. The molecule has 2 N–H and O–H groups in total. The first-order valence-corrected chi connectivity index (χ1v) is 14.1. The Balaban J connectivity index is 1.30. The molecule has 0 bridgehead atoms. The molecule has 36 heavy (non-hydrogen) atoms. The van der Waals surface area contributed by atoms with Gasteiger partial charge in [-0.3, -0.25) is 9.59 Å². The highest BCUT2D eigenvalue weighted by molar-refractivity contribution is 6.02. The Kier molecular flexibility index (Phi) is 7.97. The maximum absolute atomic E-state index is 13.6. The quantitative estimate of drug-likeness (QED) is 0.641. The van der Waals surface area contributed by atoms with E-state index in [9.17, 15) is 14.4 Å². The van der Waals surface area contributed by atoms with Crippen LogP contribution in [0.1, 0.15) is 81.0 Å². The smallest absolute Gasteiger partial charge is 0.317 e. The number of anilines is 2. The zero-order chi connectivity index (χ0) is 24.9. The minimum absolute atomic E-state index is 0.0448. The molecule has 4 aliphatic rings. The van der Waals surface area contributed by atoms with Crippen molar-refractivity contribution in [3.8, 4) is 0 Å². The summed E-state index contributed by atoms with van der Waals surface area (Å²) in [4.78, 5) is 45.1. The minimum atomic E-state index is 0.0448. The molecule has 0 radical (unpaired) electrons. The van der Waals surface area contributed by atoms with Crippen molar-refractivity contribution in [2.75, 3.05) is 49.5 Å². The Morgan fingerprint density at radius 1 is 0.722 bits per heavy atom. The first-order valence-electron chi connectivity index (χ1n) is 14.1. The van der Waals surface area contributed by atoms with Gasteiger partial charge in [0.15, 0.2) is 0 Å². The van der Waals surface area contributed by atoms with Crippen molar-refractivity contribution in [2.45, 2.75) is 76.7 Å². The van der Waals surface area contributed by atoms with Crippen LogP contribution in [0.25, 0.3) is 0 Å². The van der Waals surface area contributed by atoms with Gasteiger partial charge in [-0.2, -0.15) is 0 Å². The van der Waals surface area contributed by atoms with Gasteiger partial charge >= 0.3 is 6.03 Å². The summed E-state index contributed by atoms with van der Waals surface area (Å²) in [6.45, 7) is 4.40. The lowest BCUT2D eigenvalue weighted by Gasteiger charge is -2.31. The molecule has 0 aromatic heterocycles. The van der Waals surface area contributed by atoms with Gasteiger partial charge in [0.25, 0.3) is 5.91 Å². The molecule has 1 aromatic carbocycles. The summed E-state index contributed by atoms with van der Waals surface area (Å²) in [7, 11) is 0. The third kappa shape index (κ3) is 6.13. The lowest BCUT2D eigenvalue weighted by atomic mass is 9.96. The second-order valence-corrected chi connectivity index (χ2v) is 11.0. The van der Waals surface area contributed by atoms with Gasteiger partial charge in [0, 0.05) is 62.6 Å². The second-order valence-electron chi connectivity index (χ2n) is 11.0. The van der Waals surface area contributed by atoms with Crippen molar-refractivity contribution in [3.63, 3.8) is 0 Å². The monoisotopic (exact) mass is 495 g/mol. The number of rotatable bonds is 5. The van der Waals surface area contributed by atoms with E-state index in [0.717, 1.165) is 76.8 Å². The number of likely N-dealkylation sites (tertiary alicyclic amines) is 1. The van der Waals surface area contributed by atoms with E-state index < -0.39 is 0 Å². The normalized spacial score (nSPS) is 21.6. The molecular formula is C28H41N5O3. The second kappa shape index (κ2) is 11.5. The first-order chi connectivity index (χ1) is 17.6. The number of carbonyl (C=O) groups is 3. The lowest BCUT2D eigenvalue weighted by molar-refractivity contribution is -0.117. The van der Waals surface area contributed by atoms with Gasteiger partial charge in [-0.15, -0.1) is 0 Å². The predicted octanol–water partition coefficient (Wildman–Crippen LogP) is 4.22. The molecule has 2 aliphatic heterocycles. The average molecular weight is 496 g/mol. The van der Waals surface area contributed by atoms with E-state index in [-0.39, 0.29) is 23.8 Å². The molecule has 196 valence electrons. The molecule has 0 unspecified atom stereocenters. The Morgan fingerprint density at radius 2 is 1.44 bits per heavy atom. The third-order valence-electron chi connectivity index (χ3n) is 8.14. The van der Waals surface area contributed by atoms with Gasteiger partial charge in [-0.25, -0.2) is 4.79 Å². The van der Waals surface area contributed by atoms with Crippen LogP contribution in [0.3, 0.4) is 0 Å². The molecule has 0 atom stereocenters. The van der Waals surface area contributed by atoms with E-state index in [2.05, 4.69) is 15.5 Å². The van der Waals surface area contributed by atoms with E-state index >= 15 is 0 Å². The van der Waals surface area contributed by atoms with Gasteiger partial charge < -0.3 is 25.3 Å². The van der Waals surface area contributed by atoms with Crippen LogP contribution in [0.4, 0.5) is 16.2 Å². The molecular weight excluding hydrogens is 454 g/mol. The summed E-state index contributed by atoms with van der Waals surface area (Å²) >= 11 is 0. The summed E-state index contributed by atoms with van der Waals surface area (Å²) in [5.74, 6) is 0.208. The van der Waals surface area contributed by atoms with E-state index in [1.54, 1.807) is 0 Å². The Labute approximate surface area is 214 Å². The van der Waals surface area contributed by atoms with Crippen LogP contribution in [0.15, 0.2) is 18.2 Å². The van der Waals surface area contributed by atoms with Crippen molar-refractivity contribution in [2.24, 2.45) is 5.92 Å². The number of carbonyl (C=O) groups excluding carboxylic acids is 3. The van der Waals surface area contributed by atoms with Crippen molar-refractivity contribution in [3.05, 3.63) is 23.8 Å². The van der Waals surface area contributed by atoms with Crippen molar-refractivity contribution in [1.29, 1.82) is 0 Å². The van der Waals surface area contributed by atoms with Crippen LogP contribution in [0.5, 0.6) is 0 Å².